The van der Waals surface area contributed by atoms with Crippen LogP contribution >= 0.6 is 11.3 Å². The van der Waals surface area contributed by atoms with Crippen LogP contribution in [0.5, 0.6) is 0 Å². The molecule has 0 radical (unpaired) electrons. The van der Waals surface area contributed by atoms with E-state index in [-0.39, 0.29) is 0 Å². The molecular weight excluding hydrogens is 234 g/mol. The van der Waals surface area contributed by atoms with E-state index < -0.39 is 0 Å². The second-order valence-electron chi connectivity index (χ2n) is 4.38. The molecule has 0 spiro atoms. The Morgan fingerprint density at radius 1 is 1.41 bits per heavy atom. The van der Waals surface area contributed by atoms with Gasteiger partial charge in [0.1, 0.15) is 5.76 Å². The first-order chi connectivity index (χ1) is 8.24. The highest BCUT2D eigenvalue weighted by atomic mass is 32.1. The molecule has 3 rings (SSSR count). The van der Waals surface area contributed by atoms with Crippen molar-refractivity contribution in [3.63, 3.8) is 0 Å². The van der Waals surface area contributed by atoms with Gasteiger partial charge in [-0.05, 0) is 13.8 Å². The van der Waals surface area contributed by atoms with Crippen LogP contribution in [0.3, 0.4) is 0 Å². The Morgan fingerprint density at radius 3 is 3.00 bits per heavy atom. The minimum Gasteiger partial charge on any atom is -0.361 e. The summed E-state index contributed by atoms with van der Waals surface area (Å²) in [5, 5.41) is 8.53. The summed E-state index contributed by atoms with van der Waals surface area (Å²) in [6, 6.07) is 0. The fraction of sp³-hybridized carbons (Fsp3) is 0.500. The molecule has 0 amide bonds. The molecule has 0 saturated heterocycles. The van der Waals surface area contributed by atoms with Gasteiger partial charge < -0.3 is 9.84 Å². The number of nitrogens with one attached hydrogen (secondary N) is 1. The highest BCUT2D eigenvalue weighted by molar-refractivity contribution is 7.11. The lowest BCUT2D eigenvalue weighted by Gasteiger charge is -2.09. The van der Waals surface area contributed by atoms with E-state index in [0.29, 0.717) is 0 Å². The van der Waals surface area contributed by atoms with E-state index >= 15 is 0 Å². The molecule has 0 atom stereocenters. The van der Waals surface area contributed by atoms with Gasteiger partial charge in [0.25, 0.3) is 0 Å². The molecule has 0 saturated carbocycles. The minimum absolute atomic E-state index is 0.846. The predicted octanol–water partition coefficient (Wildman–Crippen LogP) is 1.98. The second-order valence-corrected chi connectivity index (χ2v) is 5.55. The van der Waals surface area contributed by atoms with Crippen LogP contribution in [-0.4, -0.2) is 16.7 Å². The number of rotatable bonds is 2. The minimum atomic E-state index is 0.846. The first-order valence-corrected chi connectivity index (χ1v) is 6.65. The first-order valence-electron chi connectivity index (χ1n) is 5.84. The van der Waals surface area contributed by atoms with Crippen molar-refractivity contribution in [2.45, 2.75) is 33.2 Å². The molecule has 17 heavy (non-hydrogen) atoms. The molecule has 1 aliphatic rings. The fourth-order valence-electron chi connectivity index (χ4n) is 2.16. The summed E-state index contributed by atoms with van der Waals surface area (Å²) >= 11 is 1.81. The Bertz CT molecular complexity index is 501. The SMILES string of the molecule is Cc1noc(C)c1Cc1nc2c(s1)CNCC2. The lowest BCUT2D eigenvalue weighted by Crippen LogP contribution is -2.22. The number of nitrogens with zero attached hydrogens (tertiary/aromatic N) is 2. The van der Waals surface area contributed by atoms with Gasteiger partial charge in [0.15, 0.2) is 0 Å². The monoisotopic (exact) mass is 249 g/mol. The lowest BCUT2D eigenvalue weighted by atomic mass is 10.1. The third kappa shape index (κ3) is 2.00. The molecule has 4 nitrogen and oxygen atoms in total. The van der Waals surface area contributed by atoms with Crippen LogP contribution < -0.4 is 5.32 Å². The van der Waals surface area contributed by atoms with E-state index in [1.807, 2.05) is 25.2 Å². The van der Waals surface area contributed by atoms with Crippen LogP contribution in [-0.2, 0) is 19.4 Å². The molecular formula is C12H15N3OS. The molecule has 0 fully saturated rings. The average molecular weight is 249 g/mol. The van der Waals surface area contributed by atoms with Crippen molar-refractivity contribution in [3.05, 3.63) is 32.6 Å². The van der Waals surface area contributed by atoms with Crippen molar-refractivity contribution in [1.29, 1.82) is 0 Å². The summed E-state index contributed by atoms with van der Waals surface area (Å²) in [4.78, 5) is 6.10. The third-order valence-corrected chi connectivity index (χ3v) is 4.25. The van der Waals surface area contributed by atoms with E-state index in [0.717, 1.165) is 37.4 Å². The Morgan fingerprint density at radius 2 is 2.29 bits per heavy atom. The quantitative estimate of drug-likeness (QED) is 0.884. The van der Waals surface area contributed by atoms with E-state index in [4.69, 9.17) is 9.51 Å². The number of aromatic nitrogens is 2. The molecule has 1 N–H and O–H groups in total. The molecule has 0 aliphatic carbocycles. The van der Waals surface area contributed by atoms with Crippen molar-refractivity contribution >= 4 is 11.3 Å². The van der Waals surface area contributed by atoms with Crippen LogP contribution in [0.2, 0.25) is 0 Å². The maximum atomic E-state index is 5.18. The highest BCUT2D eigenvalue weighted by Gasteiger charge is 2.17. The Kier molecular flexibility index (Phi) is 2.72. The second kappa shape index (κ2) is 4.23. The van der Waals surface area contributed by atoms with E-state index in [2.05, 4.69) is 10.5 Å². The van der Waals surface area contributed by atoms with Gasteiger partial charge in [-0.2, -0.15) is 0 Å². The van der Waals surface area contributed by atoms with E-state index in [1.54, 1.807) is 0 Å². The summed E-state index contributed by atoms with van der Waals surface area (Å²) in [6.45, 7) is 5.96. The average Bonchev–Trinajstić information content (AvgIpc) is 2.87. The number of hydrogen-bond donors (Lipinski definition) is 1. The summed E-state index contributed by atoms with van der Waals surface area (Å²) in [5.74, 6) is 0.911. The summed E-state index contributed by atoms with van der Waals surface area (Å²) in [5.41, 5.74) is 3.44. The van der Waals surface area contributed by atoms with E-state index in [1.165, 1.54) is 21.1 Å². The third-order valence-electron chi connectivity index (χ3n) is 3.16. The van der Waals surface area contributed by atoms with Gasteiger partial charge in [0.05, 0.1) is 16.4 Å². The molecule has 2 aromatic heterocycles. The normalized spacial score (nSPS) is 14.9. The van der Waals surface area contributed by atoms with Gasteiger partial charge in [-0.3, -0.25) is 0 Å². The molecule has 1 aliphatic heterocycles. The van der Waals surface area contributed by atoms with Gasteiger partial charge in [-0.25, -0.2) is 4.98 Å². The van der Waals surface area contributed by atoms with Crippen LogP contribution in [0.1, 0.15) is 32.6 Å². The summed E-state index contributed by atoms with van der Waals surface area (Å²) in [6.07, 6.45) is 1.90. The fourth-order valence-corrected chi connectivity index (χ4v) is 3.26. The largest absolute Gasteiger partial charge is 0.361 e. The van der Waals surface area contributed by atoms with E-state index in [9.17, 15) is 0 Å². The van der Waals surface area contributed by atoms with Crippen molar-refractivity contribution in [2.75, 3.05) is 6.54 Å². The van der Waals surface area contributed by atoms with Crippen LogP contribution in [0.4, 0.5) is 0 Å². The molecule has 3 heterocycles. The zero-order valence-corrected chi connectivity index (χ0v) is 10.9. The lowest BCUT2D eigenvalue weighted by molar-refractivity contribution is 0.392. The molecule has 90 valence electrons. The molecule has 0 aromatic carbocycles. The summed E-state index contributed by atoms with van der Waals surface area (Å²) < 4.78 is 5.18. The van der Waals surface area contributed by atoms with Crippen molar-refractivity contribution in [2.24, 2.45) is 0 Å². The van der Waals surface area contributed by atoms with Crippen molar-refractivity contribution in [1.82, 2.24) is 15.5 Å². The van der Waals surface area contributed by atoms with Gasteiger partial charge in [0, 0.05) is 36.4 Å². The molecule has 0 bridgehead atoms. The Hall–Kier alpha value is -1.20. The molecule has 0 unspecified atom stereocenters. The standard InChI is InChI=1S/C12H15N3OS/c1-7-9(8(2)16-15-7)5-12-14-10-3-4-13-6-11(10)17-12/h13H,3-6H2,1-2H3. The highest BCUT2D eigenvalue weighted by Crippen LogP contribution is 2.25. The van der Waals surface area contributed by atoms with Gasteiger partial charge in [-0.1, -0.05) is 5.16 Å². The van der Waals surface area contributed by atoms with Gasteiger partial charge in [-0.15, -0.1) is 11.3 Å². The number of fused-ring (bicyclic) bond motifs is 1. The van der Waals surface area contributed by atoms with Gasteiger partial charge in [0.2, 0.25) is 0 Å². The van der Waals surface area contributed by atoms with Crippen LogP contribution in [0, 0.1) is 13.8 Å². The zero-order valence-electron chi connectivity index (χ0n) is 10.0. The Balaban J connectivity index is 1.88. The maximum absolute atomic E-state index is 5.18. The molecule has 2 aromatic rings. The predicted molar refractivity (Wildman–Crippen MR) is 66.3 cm³/mol. The molecule has 5 heteroatoms. The topological polar surface area (TPSA) is 51.0 Å². The van der Waals surface area contributed by atoms with Gasteiger partial charge >= 0.3 is 0 Å². The smallest absolute Gasteiger partial charge is 0.137 e. The van der Waals surface area contributed by atoms with Crippen LogP contribution in [0.25, 0.3) is 0 Å². The number of aryl methyl sites for hydroxylation is 2. The van der Waals surface area contributed by atoms with Crippen LogP contribution in [0.15, 0.2) is 4.52 Å². The number of hydrogen-bond acceptors (Lipinski definition) is 5. The Labute approximate surface area is 104 Å². The zero-order chi connectivity index (χ0) is 11.8. The maximum Gasteiger partial charge on any atom is 0.137 e. The summed E-state index contributed by atoms with van der Waals surface area (Å²) in [7, 11) is 0. The number of thiazole rings is 1. The van der Waals surface area contributed by atoms with Crippen molar-refractivity contribution in [3.8, 4) is 0 Å². The van der Waals surface area contributed by atoms with Crippen molar-refractivity contribution < 1.29 is 4.52 Å². The first kappa shape index (κ1) is 10.9.